The van der Waals surface area contributed by atoms with Gasteiger partial charge in [-0.15, -0.1) is 0 Å². The molecule has 0 bridgehead atoms. The third-order valence-electron chi connectivity index (χ3n) is 3.22. The number of carbonyl (C=O) groups is 1. The molecular formula is C12H20N4O2. The van der Waals surface area contributed by atoms with Gasteiger partial charge in [-0.05, 0) is 19.4 Å². The smallest absolute Gasteiger partial charge is 0.244 e. The Bertz CT molecular complexity index is 418. The third-order valence-corrected chi connectivity index (χ3v) is 3.22. The molecule has 0 saturated carbocycles. The fraction of sp³-hybridized carbons (Fsp3) is 0.667. The van der Waals surface area contributed by atoms with Gasteiger partial charge in [-0.3, -0.25) is 9.48 Å². The summed E-state index contributed by atoms with van der Waals surface area (Å²) in [4.78, 5) is 14.2. The fourth-order valence-electron chi connectivity index (χ4n) is 2.18. The number of hydrogen-bond donors (Lipinski definition) is 1. The molecule has 2 unspecified atom stereocenters. The van der Waals surface area contributed by atoms with Crippen LogP contribution in [-0.2, 0) is 16.1 Å². The highest BCUT2D eigenvalue weighted by molar-refractivity contribution is 5.76. The molecule has 1 amide bonds. The van der Waals surface area contributed by atoms with Crippen molar-refractivity contribution in [2.24, 2.45) is 0 Å². The Morgan fingerprint density at radius 3 is 3.06 bits per heavy atom. The van der Waals surface area contributed by atoms with Gasteiger partial charge < -0.3 is 15.4 Å². The van der Waals surface area contributed by atoms with Gasteiger partial charge in [0.1, 0.15) is 12.4 Å². The number of anilines is 1. The SMILES string of the molecule is CCC1COC(C)CN1C(=O)Cn1ccc(N)n1. The van der Waals surface area contributed by atoms with Crippen LogP contribution >= 0.6 is 0 Å². The number of amides is 1. The van der Waals surface area contributed by atoms with Crippen LogP contribution in [0.2, 0.25) is 0 Å². The molecule has 2 atom stereocenters. The highest BCUT2D eigenvalue weighted by atomic mass is 16.5. The Morgan fingerprint density at radius 2 is 2.44 bits per heavy atom. The summed E-state index contributed by atoms with van der Waals surface area (Å²) in [6, 6.07) is 1.86. The summed E-state index contributed by atoms with van der Waals surface area (Å²) < 4.78 is 7.15. The van der Waals surface area contributed by atoms with Crippen LogP contribution in [0.4, 0.5) is 5.82 Å². The molecule has 18 heavy (non-hydrogen) atoms. The van der Waals surface area contributed by atoms with Crippen molar-refractivity contribution in [3.05, 3.63) is 12.3 Å². The highest BCUT2D eigenvalue weighted by Crippen LogP contribution is 2.15. The van der Waals surface area contributed by atoms with Crippen LogP contribution in [0.25, 0.3) is 0 Å². The Morgan fingerprint density at radius 1 is 1.67 bits per heavy atom. The summed E-state index contributed by atoms with van der Waals surface area (Å²) in [5.74, 6) is 0.505. The van der Waals surface area contributed by atoms with Gasteiger partial charge in [-0.1, -0.05) is 6.92 Å². The predicted octanol–water partition coefficient (Wildman–Crippen LogP) is 0.491. The molecule has 1 saturated heterocycles. The zero-order chi connectivity index (χ0) is 13.1. The fourth-order valence-corrected chi connectivity index (χ4v) is 2.18. The number of hydrogen-bond acceptors (Lipinski definition) is 4. The number of nitrogens with two attached hydrogens (primary N) is 1. The maximum absolute atomic E-state index is 12.3. The molecule has 0 aliphatic carbocycles. The first kappa shape index (κ1) is 12.9. The summed E-state index contributed by atoms with van der Waals surface area (Å²) in [6.07, 6.45) is 2.72. The van der Waals surface area contributed by atoms with E-state index in [-0.39, 0.29) is 24.6 Å². The number of rotatable bonds is 3. The molecule has 6 nitrogen and oxygen atoms in total. The van der Waals surface area contributed by atoms with E-state index in [0.717, 1.165) is 6.42 Å². The molecule has 2 N–H and O–H groups in total. The van der Waals surface area contributed by atoms with Crippen LogP contribution in [-0.4, -0.2) is 45.9 Å². The summed E-state index contributed by atoms with van der Waals surface area (Å²) in [5.41, 5.74) is 5.53. The van der Waals surface area contributed by atoms with Gasteiger partial charge in [0.15, 0.2) is 0 Å². The number of nitrogens with zero attached hydrogens (tertiary/aromatic N) is 3. The van der Waals surface area contributed by atoms with Gasteiger partial charge in [0.05, 0.1) is 18.8 Å². The zero-order valence-electron chi connectivity index (χ0n) is 10.9. The molecule has 100 valence electrons. The van der Waals surface area contributed by atoms with Gasteiger partial charge in [-0.2, -0.15) is 5.10 Å². The first-order valence-corrected chi connectivity index (χ1v) is 6.30. The van der Waals surface area contributed by atoms with Crippen LogP contribution in [0.5, 0.6) is 0 Å². The molecule has 0 radical (unpaired) electrons. The highest BCUT2D eigenvalue weighted by Gasteiger charge is 2.29. The standard InChI is InChI=1S/C12H20N4O2/c1-3-10-8-18-9(2)6-16(10)12(17)7-15-5-4-11(13)14-15/h4-5,9-10H,3,6-8H2,1-2H3,(H2,13,14). The second-order valence-electron chi connectivity index (χ2n) is 4.69. The van der Waals surface area contributed by atoms with Crippen molar-refractivity contribution in [2.75, 3.05) is 18.9 Å². The summed E-state index contributed by atoms with van der Waals surface area (Å²) in [7, 11) is 0. The molecule has 0 spiro atoms. The van der Waals surface area contributed by atoms with Gasteiger partial charge >= 0.3 is 0 Å². The predicted molar refractivity (Wildman–Crippen MR) is 67.8 cm³/mol. The topological polar surface area (TPSA) is 73.4 Å². The Balaban J connectivity index is 2.01. The van der Waals surface area contributed by atoms with E-state index >= 15 is 0 Å². The van der Waals surface area contributed by atoms with Crippen molar-refractivity contribution in [2.45, 2.75) is 39.0 Å². The first-order chi connectivity index (χ1) is 8.60. The van der Waals surface area contributed by atoms with Crippen LogP contribution in [0.1, 0.15) is 20.3 Å². The largest absolute Gasteiger partial charge is 0.382 e. The lowest BCUT2D eigenvalue weighted by atomic mass is 10.1. The second kappa shape index (κ2) is 5.39. The average Bonchev–Trinajstić information content (AvgIpc) is 2.74. The molecular weight excluding hydrogens is 232 g/mol. The third kappa shape index (κ3) is 2.81. The number of nitrogen functional groups attached to an aromatic ring is 1. The van der Waals surface area contributed by atoms with Gasteiger partial charge in [0.2, 0.25) is 5.91 Å². The minimum absolute atomic E-state index is 0.0695. The minimum atomic E-state index is 0.0695. The van der Waals surface area contributed by atoms with E-state index in [9.17, 15) is 4.79 Å². The van der Waals surface area contributed by atoms with Crippen molar-refractivity contribution in [3.8, 4) is 0 Å². The van der Waals surface area contributed by atoms with Crippen molar-refractivity contribution in [1.82, 2.24) is 14.7 Å². The van der Waals surface area contributed by atoms with Crippen molar-refractivity contribution >= 4 is 11.7 Å². The summed E-state index contributed by atoms with van der Waals surface area (Å²) >= 11 is 0. The van der Waals surface area contributed by atoms with E-state index < -0.39 is 0 Å². The normalized spacial score (nSPS) is 24.2. The molecule has 2 heterocycles. The van der Waals surface area contributed by atoms with Crippen LogP contribution in [0, 0.1) is 0 Å². The molecule has 1 aromatic heterocycles. The van der Waals surface area contributed by atoms with E-state index in [1.54, 1.807) is 16.9 Å². The second-order valence-corrected chi connectivity index (χ2v) is 4.69. The minimum Gasteiger partial charge on any atom is -0.382 e. The Hall–Kier alpha value is -1.56. The van der Waals surface area contributed by atoms with Crippen LogP contribution in [0.3, 0.4) is 0 Å². The van der Waals surface area contributed by atoms with E-state index in [1.165, 1.54) is 0 Å². The number of aromatic nitrogens is 2. The lowest BCUT2D eigenvalue weighted by Crippen LogP contribution is -2.52. The van der Waals surface area contributed by atoms with Crippen molar-refractivity contribution in [1.29, 1.82) is 0 Å². The van der Waals surface area contributed by atoms with E-state index in [4.69, 9.17) is 10.5 Å². The number of ether oxygens (including phenoxy) is 1. The summed E-state index contributed by atoms with van der Waals surface area (Å²) in [6.45, 7) is 5.55. The van der Waals surface area contributed by atoms with E-state index in [1.807, 2.05) is 11.8 Å². The summed E-state index contributed by atoms with van der Waals surface area (Å²) in [5, 5.41) is 4.03. The van der Waals surface area contributed by atoms with E-state index in [0.29, 0.717) is 19.0 Å². The van der Waals surface area contributed by atoms with Gasteiger partial charge in [-0.25, -0.2) is 0 Å². The molecule has 1 fully saturated rings. The lowest BCUT2D eigenvalue weighted by Gasteiger charge is -2.38. The maximum atomic E-state index is 12.3. The monoisotopic (exact) mass is 252 g/mol. The quantitative estimate of drug-likeness (QED) is 0.849. The van der Waals surface area contributed by atoms with E-state index in [2.05, 4.69) is 12.0 Å². The van der Waals surface area contributed by atoms with Crippen molar-refractivity contribution < 1.29 is 9.53 Å². The maximum Gasteiger partial charge on any atom is 0.244 e. The van der Waals surface area contributed by atoms with Gasteiger partial charge in [0.25, 0.3) is 0 Å². The van der Waals surface area contributed by atoms with Crippen molar-refractivity contribution in [3.63, 3.8) is 0 Å². The lowest BCUT2D eigenvalue weighted by molar-refractivity contribution is -0.145. The van der Waals surface area contributed by atoms with Crippen LogP contribution < -0.4 is 5.73 Å². The Labute approximate surface area is 107 Å². The van der Waals surface area contributed by atoms with Gasteiger partial charge in [0, 0.05) is 12.7 Å². The zero-order valence-corrected chi connectivity index (χ0v) is 10.9. The average molecular weight is 252 g/mol. The molecule has 1 aliphatic heterocycles. The number of morpholine rings is 1. The molecule has 2 rings (SSSR count). The molecule has 6 heteroatoms. The molecule has 1 aliphatic rings. The first-order valence-electron chi connectivity index (χ1n) is 6.30. The Kier molecular flexibility index (Phi) is 3.86. The van der Waals surface area contributed by atoms with Crippen LogP contribution in [0.15, 0.2) is 12.3 Å². The molecule has 0 aromatic carbocycles. The molecule has 1 aromatic rings. The number of carbonyl (C=O) groups excluding carboxylic acids is 1.